The molecule has 0 saturated carbocycles. The van der Waals surface area contributed by atoms with Crippen molar-refractivity contribution in [3.05, 3.63) is 24.3 Å². The van der Waals surface area contributed by atoms with Gasteiger partial charge < -0.3 is 15.4 Å². The first-order chi connectivity index (χ1) is 9.24. The SMILES string of the molecule is CC(=O)Nc1cccc(OCCC2CCCNC2)c1. The summed E-state index contributed by atoms with van der Waals surface area (Å²) < 4.78 is 5.75. The zero-order chi connectivity index (χ0) is 13.5. The zero-order valence-corrected chi connectivity index (χ0v) is 11.4. The molecule has 1 amide bonds. The summed E-state index contributed by atoms with van der Waals surface area (Å²) in [5, 5.41) is 6.17. The maximum absolute atomic E-state index is 11.0. The second kappa shape index (κ2) is 7.14. The number of anilines is 1. The average Bonchev–Trinajstić information content (AvgIpc) is 2.40. The fourth-order valence-electron chi connectivity index (χ4n) is 2.38. The number of nitrogens with one attached hydrogen (secondary N) is 2. The standard InChI is InChI=1S/C15H22N2O2/c1-12(18)17-14-5-2-6-15(10-14)19-9-7-13-4-3-8-16-11-13/h2,5-6,10,13,16H,3-4,7-9,11H2,1H3,(H,17,18). The molecule has 1 aromatic rings. The van der Waals surface area contributed by atoms with Gasteiger partial charge in [0.2, 0.25) is 5.91 Å². The van der Waals surface area contributed by atoms with E-state index in [-0.39, 0.29) is 5.91 Å². The maximum Gasteiger partial charge on any atom is 0.221 e. The lowest BCUT2D eigenvalue weighted by molar-refractivity contribution is -0.114. The topological polar surface area (TPSA) is 50.4 Å². The molecular formula is C15H22N2O2. The summed E-state index contributed by atoms with van der Waals surface area (Å²) in [7, 11) is 0. The van der Waals surface area contributed by atoms with Gasteiger partial charge in [-0.3, -0.25) is 4.79 Å². The Bertz CT molecular complexity index is 414. The molecule has 4 heteroatoms. The molecule has 1 heterocycles. The Morgan fingerprint density at radius 3 is 3.16 bits per heavy atom. The molecule has 2 N–H and O–H groups in total. The van der Waals surface area contributed by atoms with Crippen LogP contribution in [0.1, 0.15) is 26.2 Å². The summed E-state index contributed by atoms with van der Waals surface area (Å²) in [6.45, 7) is 4.49. The van der Waals surface area contributed by atoms with Gasteiger partial charge in [-0.1, -0.05) is 6.07 Å². The number of rotatable bonds is 5. The number of ether oxygens (including phenoxy) is 1. The van der Waals surface area contributed by atoms with Gasteiger partial charge in [-0.05, 0) is 50.4 Å². The van der Waals surface area contributed by atoms with Gasteiger partial charge in [0.1, 0.15) is 5.75 Å². The van der Waals surface area contributed by atoms with Crippen LogP contribution >= 0.6 is 0 Å². The molecule has 1 aliphatic rings. The van der Waals surface area contributed by atoms with Crippen LogP contribution in [-0.2, 0) is 4.79 Å². The second-order valence-corrected chi connectivity index (χ2v) is 5.06. The fraction of sp³-hybridized carbons (Fsp3) is 0.533. The lowest BCUT2D eigenvalue weighted by Gasteiger charge is -2.22. The van der Waals surface area contributed by atoms with Crippen LogP contribution in [0.5, 0.6) is 5.75 Å². The van der Waals surface area contributed by atoms with Crippen molar-refractivity contribution in [2.24, 2.45) is 5.92 Å². The zero-order valence-electron chi connectivity index (χ0n) is 11.4. The third-order valence-electron chi connectivity index (χ3n) is 3.35. The van der Waals surface area contributed by atoms with Crippen molar-refractivity contribution in [2.45, 2.75) is 26.2 Å². The molecule has 19 heavy (non-hydrogen) atoms. The molecule has 1 aliphatic heterocycles. The molecule has 0 radical (unpaired) electrons. The number of hydrogen-bond donors (Lipinski definition) is 2. The van der Waals surface area contributed by atoms with E-state index < -0.39 is 0 Å². The van der Waals surface area contributed by atoms with Gasteiger partial charge in [0.05, 0.1) is 6.61 Å². The quantitative estimate of drug-likeness (QED) is 0.856. The second-order valence-electron chi connectivity index (χ2n) is 5.06. The minimum absolute atomic E-state index is 0.0644. The maximum atomic E-state index is 11.0. The van der Waals surface area contributed by atoms with Crippen LogP contribution in [-0.4, -0.2) is 25.6 Å². The van der Waals surface area contributed by atoms with Crippen molar-refractivity contribution in [3.63, 3.8) is 0 Å². The van der Waals surface area contributed by atoms with Gasteiger partial charge in [0.15, 0.2) is 0 Å². The van der Waals surface area contributed by atoms with Gasteiger partial charge in [-0.25, -0.2) is 0 Å². The Hall–Kier alpha value is -1.55. The number of carbonyl (C=O) groups excluding carboxylic acids is 1. The van der Waals surface area contributed by atoms with Crippen molar-refractivity contribution >= 4 is 11.6 Å². The highest BCUT2D eigenvalue weighted by atomic mass is 16.5. The molecule has 0 spiro atoms. The van der Waals surface area contributed by atoms with Gasteiger partial charge in [-0.15, -0.1) is 0 Å². The molecular weight excluding hydrogens is 240 g/mol. The first-order valence-electron chi connectivity index (χ1n) is 6.95. The Morgan fingerprint density at radius 1 is 1.53 bits per heavy atom. The molecule has 1 fully saturated rings. The lowest BCUT2D eigenvalue weighted by Crippen LogP contribution is -2.30. The van der Waals surface area contributed by atoms with Crippen LogP contribution in [0, 0.1) is 5.92 Å². The smallest absolute Gasteiger partial charge is 0.221 e. The monoisotopic (exact) mass is 262 g/mol. The molecule has 0 bridgehead atoms. The first-order valence-corrected chi connectivity index (χ1v) is 6.95. The van der Waals surface area contributed by atoms with E-state index in [9.17, 15) is 4.79 Å². The van der Waals surface area contributed by atoms with Gasteiger partial charge >= 0.3 is 0 Å². The third-order valence-corrected chi connectivity index (χ3v) is 3.35. The Balaban J connectivity index is 1.77. The van der Waals surface area contributed by atoms with Crippen molar-refractivity contribution in [1.29, 1.82) is 0 Å². The number of benzene rings is 1. The summed E-state index contributed by atoms with van der Waals surface area (Å²) in [6, 6.07) is 7.53. The number of piperidine rings is 1. The van der Waals surface area contributed by atoms with E-state index in [1.165, 1.54) is 19.8 Å². The molecule has 0 aliphatic carbocycles. The van der Waals surface area contributed by atoms with Crippen molar-refractivity contribution in [3.8, 4) is 5.75 Å². The number of amides is 1. The van der Waals surface area contributed by atoms with Crippen LogP contribution in [0.4, 0.5) is 5.69 Å². The normalized spacial score (nSPS) is 18.9. The third kappa shape index (κ3) is 4.91. The summed E-state index contributed by atoms with van der Waals surface area (Å²) in [4.78, 5) is 11.0. The molecule has 0 aromatic heterocycles. The van der Waals surface area contributed by atoms with E-state index in [0.29, 0.717) is 0 Å². The largest absolute Gasteiger partial charge is 0.494 e. The summed E-state index contributed by atoms with van der Waals surface area (Å²) in [6.07, 6.45) is 3.64. The summed E-state index contributed by atoms with van der Waals surface area (Å²) in [5.41, 5.74) is 0.782. The Labute approximate surface area is 114 Å². The summed E-state index contributed by atoms with van der Waals surface area (Å²) in [5.74, 6) is 1.48. The van der Waals surface area contributed by atoms with Crippen molar-refractivity contribution in [2.75, 3.05) is 25.0 Å². The van der Waals surface area contributed by atoms with Gasteiger partial charge in [0.25, 0.3) is 0 Å². The van der Waals surface area contributed by atoms with Crippen LogP contribution in [0.25, 0.3) is 0 Å². The Morgan fingerprint density at radius 2 is 2.42 bits per heavy atom. The fourth-order valence-corrected chi connectivity index (χ4v) is 2.38. The minimum atomic E-state index is -0.0644. The lowest BCUT2D eigenvalue weighted by atomic mass is 9.97. The summed E-state index contributed by atoms with van der Waals surface area (Å²) >= 11 is 0. The number of carbonyl (C=O) groups is 1. The minimum Gasteiger partial charge on any atom is -0.494 e. The van der Waals surface area contributed by atoms with Crippen molar-refractivity contribution < 1.29 is 9.53 Å². The molecule has 1 unspecified atom stereocenters. The van der Waals surface area contributed by atoms with Crippen molar-refractivity contribution in [1.82, 2.24) is 5.32 Å². The highest BCUT2D eigenvalue weighted by Gasteiger charge is 2.12. The molecule has 1 aromatic carbocycles. The van der Waals surface area contributed by atoms with Gasteiger partial charge in [0, 0.05) is 18.7 Å². The first kappa shape index (κ1) is 13.9. The molecule has 104 valence electrons. The van der Waals surface area contributed by atoms with E-state index >= 15 is 0 Å². The highest BCUT2D eigenvalue weighted by Crippen LogP contribution is 2.19. The van der Waals surface area contributed by atoms with E-state index in [1.54, 1.807) is 0 Å². The Kier molecular flexibility index (Phi) is 5.21. The van der Waals surface area contributed by atoms with E-state index in [1.807, 2.05) is 24.3 Å². The van der Waals surface area contributed by atoms with Crippen LogP contribution < -0.4 is 15.4 Å². The van der Waals surface area contributed by atoms with E-state index in [0.717, 1.165) is 43.5 Å². The average molecular weight is 262 g/mol. The van der Waals surface area contributed by atoms with E-state index in [4.69, 9.17) is 4.74 Å². The molecule has 1 atom stereocenters. The van der Waals surface area contributed by atoms with Crippen LogP contribution in [0.15, 0.2) is 24.3 Å². The predicted octanol–water partition coefficient (Wildman–Crippen LogP) is 2.41. The van der Waals surface area contributed by atoms with Crippen LogP contribution in [0.3, 0.4) is 0 Å². The highest BCUT2D eigenvalue weighted by molar-refractivity contribution is 5.88. The molecule has 2 rings (SSSR count). The van der Waals surface area contributed by atoms with Crippen LogP contribution in [0.2, 0.25) is 0 Å². The number of hydrogen-bond acceptors (Lipinski definition) is 3. The predicted molar refractivity (Wildman–Crippen MR) is 76.5 cm³/mol. The van der Waals surface area contributed by atoms with Gasteiger partial charge in [-0.2, -0.15) is 0 Å². The molecule has 4 nitrogen and oxygen atoms in total. The molecule has 1 saturated heterocycles. The van der Waals surface area contributed by atoms with E-state index in [2.05, 4.69) is 10.6 Å².